The normalized spacial score (nSPS) is 12.1. The lowest BCUT2D eigenvalue weighted by atomic mass is 10.0. The number of benzene rings is 1. The van der Waals surface area contributed by atoms with Gasteiger partial charge in [-0.2, -0.15) is 0 Å². The van der Waals surface area contributed by atoms with Crippen LogP contribution in [0.25, 0.3) is 11.5 Å². The largest absolute Gasteiger partial charge is 0.441 e. The summed E-state index contributed by atoms with van der Waals surface area (Å²) in [5.41, 5.74) is 1.64. The molecule has 29 heavy (non-hydrogen) atoms. The van der Waals surface area contributed by atoms with Crippen LogP contribution in [0.15, 0.2) is 39.2 Å². The van der Waals surface area contributed by atoms with Gasteiger partial charge in [-0.25, -0.2) is 10.0 Å². The summed E-state index contributed by atoms with van der Waals surface area (Å²) in [6.45, 7) is 4.09. The Morgan fingerprint density at radius 1 is 1.17 bits per heavy atom. The van der Waals surface area contributed by atoms with E-state index in [1.165, 1.54) is 0 Å². The Bertz CT molecular complexity index is 907. The maximum absolute atomic E-state index is 10.8. The van der Waals surface area contributed by atoms with E-state index in [0.29, 0.717) is 41.3 Å². The van der Waals surface area contributed by atoms with Crippen molar-refractivity contribution in [1.82, 2.24) is 20.2 Å². The van der Waals surface area contributed by atoms with Gasteiger partial charge in [-0.3, -0.25) is 10.0 Å². The van der Waals surface area contributed by atoms with E-state index >= 15 is 0 Å². The molecule has 0 spiro atoms. The van der Waals surface area contributed by atoms with Crippen LogP contribution < -0.4 is 0 Å². The minimum absolute atomic E-state index is 0.121. The number of carbonyl (C=O) groups is 1. The van der Waals surface area contributed by atoms with Crippen molar-refractivity contribution in [3.63, 3.8) is 0 Å². The summed E-state index contributed by atoms with van der Waals surface area (Å²) in [5.74, 6) is 1.88. The first kappa shape index (κ1) is 20.7. The molecule has 8 nitrogen and oxygen atoms in total. The number of hydrogen-bond donors (Lipinski definition) is 1. The Morgan fingerprint density at radius 2 is 1.97 bits per heavy atom. The predicted molar refractivity (Wildman–Crippen MR) is 105 cm³/mol. The fourth-order valence-electron chi connectivity index (χ4n) is 3.14. The van der Waals surface area contributed by atoms with Gasteiger partial charge in [0.05, 0.1) is 24.6 Å². The van der Waals surface area contributed by atoms with Crippen LogP contribution in [0.1, 0.15) is 61.8 Å². The smallest absolute Gasteiger partial charge is 0.233 e. The van der Waals surface area contributed by atoms with Crippen molar-refractivity contribution in [2.24, 2.45) is 0 Å². The maximum atomic E-state index is 10.8. The van der Waals surface area contributed by atoms with Gasteiger partial charge in [-0.05, 0) is 25.5 Å². The number of aryl methyl sites for hydroxylation is 1. The number of nitrogens with zero attached hydrogens (tertiary/aromatic N) is 4. The minimum atomic E-state index is -0.212. The molecule has 0 aliphatic rings. The van der Waals surface area contributed by atoms with Gasteiger partial charge in [0.2, 0.25) is 24.1 Å². The molecule has 0 aliphatic carbocycles. The van der Waals surface area contributed by atoms with Gasteiger partial charge in [-0.1, -0.05) is 44.4 Å². The molecule has 8 heteroatoms. The lowest BCUT2D eigenvalue weighted by Gasteiger charge is -2.16. The van der Waals surface area contributed by atoms with Crippen LogP contribution >= 0.6 is 0 Å². The lowest BCUT2D eigenvalue weighted by Crippen LogP contribution is -2.24. The Morgan fingerprint density at radius 3 is 2.69 bits per heavy atom. The van der Waals surface area contributed by atoms with Gasteiger partial charge in [0.15, 0.2) is 0 Å². The summed E-state index contributed by atoms with van der Waals surface area (Å²) in [6, 6.07) is 9.68. The zero-order valence-electron chi connectivity index (χ0n) is 16.7. The average Bonchev–Trinajstić information content (AvgIpc) is 3.35. The van der Waals surface area contributed by atoms with Crippen LogP contribution in [-0.2, 0) is 11.2 Å². The Balaban J connectivity index is 1.73. The predicted octanol–water partition coefficient (Wildman–Crippen LogP) is 4.14. The third-order valence-corrected chi connectivity index (χ3v) is 4.75. The van der Waals surface area contributed by atoms with Gasteiger partial charge < -0.3 is 8.83 Å². The Hall–Kier alpha value is -3.00. The SMILES string of the molecule is CCCCC[C@H](CN(O)C=O)c1nnc(Cc2nc(-c3ccccc3)oc2C)o1. The van der Waals surface area contributed by atoms with Crippen molar-refractivity contribution in [2.75, 3.05) is 6.54 Å². The first-order valence-corrected chi connectivity index (χ1v) is 9.85. The molecular weight excluding hydrogens is 372 g/mol. The van der Waals surface area contributed by atoms with Gasteiger partial charge in [0, 0.05) is 5.56 Å². The van der Waals surface area contributed by atoms with Crippen molar-refractivity contribution >= 4 is 6.41 Å². The maximum Gasteiger partial charge on any atom is 0.233 e. The monoisotopic (exact) mass is 398 g/mol. The number of carbonyl (C=O) groups excluding carboxylic acids is 1. The fourth-order valence-corrected chi connectivity index (χ4v) is 3.14. The lowest BCUT2D eigenvalue weighted by molar-refractivity contribution is -0.151. The summed E-state index contributed by atoms with van der Waals surface area (Å²) in [6.07, 6.45) is 4.58. The quantitative estimate of drug-likeness (QED) is 0.224. The third-order valence-electron chi connectivity index (χ3n) is 4.75. The van der Waals surface area contributed by atoms with E-state index in [0.717, 1.165) is 36.9 Å². The highest BCUT2D eigenvalue weighted by molar-refractivity contribution is 5.53. The number of hydroxylamine groups is 2. The molecule has 1 atom stereocenters. The van der Waals surface area contributed by atoms with Gasteiger partial charge in [0.1, 0.15) is 5.76 Å². The third kappa shape index (κ3) is 5.51. The molecule has 0 saturated carbocycles. The molecule has 3 aromatic rings. The van der Waals surface area contributed by atoms with Gasteiger partial charge >= 0.3 is 0 Å². The number of aromatic nitrogens is 3. The molecule has 0 saturated heterocycles. The van der Waals surface area contributed by atoms with Crippen molar-refractivity contribution in [3.05, 3.63) is 53.6 Å². The van der Waals surface area contributed by atoms with Crippen molar-refractivity contribution < 1.29 is 18.8 Å². The molecule has 154 valence electrons. The fraction of sp³-hybridized carbons (Fsp3) is 0.429. The van der Waals surface area contributed by atoms with E-state index in [1.54, 1.807) is 0 Å². The van der Waals surface area contributed by atoms with E-state index in [1.807, 2.05) is 37.3 Å². The van der Waals surface area contributed by atoms with E-state index in [9.17, 15) is 10.0 Å². The standard InChI is InChI=1S/C21H26N4O4/c1-3-4-6-11-17(13-25(27)14-26)21-24-23-19(29-21)12-18-15(2)28-20(22-18)16-9-7-5-8-10-16/h5,7-10,14,17,27H,3-4,6,11-13H2,1-2H3/t17-/m1/s1. The van der Waals surface area contributed by atoms with E-state index in [-0.39, 0.29) is 12.5 Å². The second-order valence-corrected chi connectivity index (χ2v) is 7.02. The summed E-state index contributed by atoms with van der Waals surface area (Å²) in [4.78, 5) is 15.4. The zero-order valence-corrected chi connectivity index (χ0v) is 16.7. The Kier molecular flexibility index (Phi) is 7.13. The average molecular weight is 398 g/mol. The molecule has 0 radical (unpaired) electrons. The summed E-state index contributed by atoms with van der Waals surface area (Å²) < 4.78 is 11.6. The molecule has 3 rings (SSSR count). The van der Waals surface area contributed by atoms with E-state index < -0.39 is 0 Å². The highest BCUT2D eigenvalue weighted by Crippen LogP contribution is 2.25. The Labute approximate surface area is 169 Å². The zero-order chi connectivity index (χ0) is 20.6. The number of amides is 1. The van der Waals surface area contributed by atoms with Crippen LogP contribution in [0.3, 0.4) is 0 Å². The summed E-state index contributed by atoms with van der Waals surface area (Å²) in [7, 11) is 0. The molecule has 0 aliphatic heterocycles. The van der Waals surface area contributed by atoms with E-state index in [4.69, 9.17) is 8.83 Å². The van der Waals surface area contributed by atoms with Gasteiger partial charge in [0.25, 0.3) is 0 Å². The van der Waals surface area contributed by atoms with Crippen LogP contribution in [0.4, 0.5) is 0 Å². The number of rotatable bonds is 11. The van der Waals surface area contributed by atoms with Crippen LogP contribution in [0.2, 0.25) is 0 Å². The van der Waals surface area contributed by atoms with Crippen molar-refractivity contribution in [2.45, 2.75) is 51.9 Å². The second-order valence-electron chi connectivity index (χ2n) is 7.02. The molecular formula is C21H26N4O4. The summed E-state index contributed by atoms with van der Waals surface area (Å²) in [5, 5.41) is 18.5. The van der Waals surface area contributed by atoms with Crippen LogP contribution in [0, 0.1) is 6.92 Å². The number of unbranched alkanes of at least 4 members (excludes halogenated alkanes) is 2. The molecule has 0 fully saturated rings. The van der Waals surface area contributed by atoms with Gasteiger partial charge in [-0.15, -0.1) is 10.2 Å². The molecule has 1 N–H and O–H groups in total. The first-order valence-electron chi connectivity index (χ1n) is 9.85. The van der Waals surface area contributed by atoms with Crippen molar-refractivity contribution in [3.8, 4) is 11.5 Å². The topological polar surface area (TPSA) is 105 Å². The molecule has 0 unspecified atom stereocenters. The summed E-state index contributed by atoms with van der Waals surface area (Å²) >= 11 is 0. The molecule has 1 amide bonds. The van der Waals surface area contributed by atoms with E-state index in [2.05, 4.69) is 22.1 Å². The van der Waals surface area contributed by atoms with Crippen LogP contribution in [0.5, 0.6) is 0 Å². The molecule has 1 aromatic carbocycles. The second kappa shape index (κ2) is 9.97. The molecule has 2 aromatic heterocycles. The molecule has 2 heterocycles. The van der Waals surface area contributed by atoms with Crippen LogP contribution in [-0.4, -0.2) is 38.4 Å². The minimum Gasteiger partial charge on any atom is -0.441 e. The van der Waals surface area contributed by atoms with Crippen molar-refractivity contribution in [1.29, 1.82) is 0 Å². The highest BCUT2D eigenvalue weighted by atomic mass is 16.5. The first-order chi connectivity index (χ1) is 14.1. The molecule has 0 bridgehead atoms. The highest BCUT2D eigenvalue weighted by Gasteiger charge is 2.22. The number of oxazole rings is 1. The number of hydrogen-bond acceptors (Lipinski definition) is 7.